The van der Waals surface area contributed by atoms with Gasteiger partial charge in [-0.1, -0.05) is 87.5 Å². The number of hydrogen-bond acceptors (Lipinski definition) is 3. The van der Waals surface area contributed by atoms with Crippen molar-refractivity contribution >= 4 is 16.4 Å². The van der Waals surface area contributed by atoms with Crippen molar-refractivity contribution < 1.29 is 13.9 Å². The van der Waals surface area contributed by atoms with Crippen molar-refractivity contribution in [3.05, 3.63) is 24.8 Å². The highest BCUT2D eigenvalue weighted by Gasteiger charge is 2.49. The number of hydrogen-bond donors (Lipinski definition) is 0. The third-order valence-corrected chi connectivity index (χ3v) is 21.5. The Morgan fingerprint density at radius 2 is 1.63 bits per heavy atom. The quantitative estimate of drug-likeness (QED) is 0.102. The monoisotopic (exact) mass is 602 g/mol. The largest absolute Gasteiger partial charge is 0.413 e. The summed E-state index contributed by atoms with van der Waals surface area (Å²) in [7, 11) is -3.57. The second-order valence-electron chi connectivity index (χ2n) is 16.1. The van der Waals surface area contributed by atoms with Gasteiger partial charge in [-0.2, -0.15) is 0 Å². The molecule has 0 saturated carbocycles. The molecule has 0 bridgehead atoms. The molecule has 236 valence electrons. The lowest BCUT2D eigenvalue weighted by atomic mass is 9.80. The van der Waals surface area contributed by atoms with E-state index in [1.165, 1.54) is 0 Å². The lowest BCUT2D eigenvalue weighted by Crippen LogP contribution is -2.53. The molecule has 2 heterocycles. The smallest absolute Gasteiger partial charge is 0.192 e. The van der Waals surface area contributed by atoms with Crippen molar-refractivity contribution in [2.75, 3.05) is 0 Å². The zero-order valence-corrected chi connectivity index (χ0v) is 31.4. The van der Waals surface area contributed by atoms with Crippen molar-refractivity contribution in [3.63, 3.8) is 0 Å². The molecule has 0 unspecified atom stereocenters. The molecule has 2 aliphatic rings. The number of ether oxygens (including phenoxy) is 2. The van der Waals surface area contributed by atoms with E-state index in [0.717, 1.165) is 32.1 Å². The van der Waals surface area contributed by atoms with Crippen LogP contribution >= 0.6 is 0 Å². The normalized spacial score (nSPS) is 29.4. The van der Waals surface area contributed by atoms with Crippen LogP contribution in [0, 0.1) is 23.3 Å². The van der Waals surface area contributed by atoms with E-state index in [4.69, 9.17) is 13.9 Å². The maximum absolute atomic E-state index is 7.07. The molecule has 2 saturated heterocycles. The second-order valence-corrected chi connectivity index (χ2v) is 26.5. The van der Waals surface area contributed by atoms with Gasteiger partial charge in [-0.05, 0) is 74.3 Å². The molecule has 3 nitrogen and oxygen atoms in total. The van der Waals surface area contributed by atoms with Gasteiger partial charge in [-0.3, -0.25) is 0 Å². The molecular formula is C36H66O3Si2. The zero-order valence-electron chi connectivity index (χ0n) is 29.4. The van der Waals surface area contributed by atoms with Crippen LogP contribution in [-0.4, -0.2) is 46.4 Å². The van der Waals surface area contributed by atoms with Gasteiger partial charge in [0.1, 0.15) is 8.07 Å². The van der Waals surface area contributed by atoms with Crippen LogP contribution in [0.4, 0.5) is 0 Å². The Kier molecular flexibility index (Phi) is 12.9. The average Bonchev–Trinajstić information content (AvgIpc) is 3.13. The topological polar surface area (TPSA) is 27.7 Å². The van der Waals surface area contributed by atoms with E-state index in [1.54, 1.807) is 0 Å². The maximum atomic E-state index is 7.07. The van der Waals surface area contributed by atoms with Crippen LogP contribution in [0.5, 0.6) is 0 Å². The van der Waals surface area contributed by atoms with Gasteiger partial charge >= 0.3 is 0 Å². The minimum atomic E-state index is -1.91. The van der Waals surface area contributed by atoms with Gasteiger partial charge in [-0.15, -0.1) is 18.0 Å². The van der Waals surface area contributed by atoms with Gasteiger partial charge in [0.2, 0.25) is 0 Å². The molecule has 41 heavy (non-hydrogen) atoms. The Balaban J connectivity index is 2.20. The molecule has 2 fully saturated rings. The highest BCUT2D eigenvalue weighted by molar-refractivity contribution is 6.90. The highest BCUT2D eigenvalue weighted by atomic mass is 28.4. The fourth-order valence-corrected chi connectivity index (χ4v) is 14.0. The number of rotatable bonds is 11. The zero-order chi connectivity index (χ0) is 31.4. The van der Waals surface area contributed by atoms with Crippen molar-refractivity contribution in [2.24, 2.45) is 11.8 Å². The lowest BCUT2D eigenvalue weighted by Gasteiger charge is -2.47. The first-order valence-electron chi connectivity index (χ1n) is 16.6. The second kappa shape index (κ2) is 14.4. The Labute approximate surface area is 257 Å². The summed E-state index contributed by atoms with van der Waals surface area (Å²) in [4.78, 5) is 0. The van der Waals surface area contributed by atoms with Gasteiger partial charge in [0.15, 0.2) is 8.32 Å². The van der Waals surface area contributed by atoms with Crippen LogP contribution in [0.25, 0.3) is 0 Å². The number of allylic oxidation sites excluding steroid dienone is 1. The molecule has 0 aromatic rings. The van der Waals surface area contributed by atoms with Gasteiger partial charge in [0.25, 0.3) is 0 Å². The molecule has 0 aromatic heterocycles. The van der Waals surface area contributed by atoms with E-state index in [9.17, 15) is 0 Å². The summed E-state index contributed by atoms with van der Waals surface area (Å²) in [6.45, 7) is 36.8. The van der Waals surface area contributed by atoms with Crippen LogP contribution in [-0.2, 0) is 13.9 Å². The third kappa shape index (κ3) is 8.94. The van der Waals surface area contributed by atoms with Crippen molar-refractivity contribution in [1.82, 2.24) is 0 Å². The van der Waals surface area contributed by atoms with Gasteiger partial charge in [0.05, 0.1) is 30.0 Å². The predicted octanol–water partition coefficient (Wildman–Crippen LogP) is 10.5. The van der Waals surface area contributed by atoms with Crippen molar-refractivity contribution in [3.8, 4) is 11.5 Å². The van der Waals surface area contributed by atoms with Gasteiger partial charge in [0, 0.05) is 18.3 Å². The third-order valence-electron chi connectivity index (χ3n) is 10.7. The Bertz CT molecular complexity index is 909. The molecule has 0 N–H and O–H groups in total. The fourth-order valence-electron chi connectivity index (χ4n) is 7.25. The summed E-state index contributed by atoms with van der Waals surface area (Å²) in [5.74, 6) is 4.29. The summed E-state index contributed by atoms with van der Waals surface area (Å²) in [5, 5.41) is 0.183. The average molecular weight is 603 g/mol. The van der Waals surface area contributed by atoms with Gasteiger partial charge in [-0.25, -0.2) is 0 Å². The first-order chi connectivity index (χ1) is 18.8. The molecule has 0 amide bonds. The first-order valence-corrected chi connectivity index (χ1v) is 21.7. The molecular weight excluding hydrogens is 537 g/mol. The number of unbranched alkanes of at least 4 members (excludes halogenated alkanes) is 1. The summed E-state index contributed by atoms with van der Waals surface area (Å²) in [6, 6.07) is 0. The molecule has 6 atom stereocenters. The predicted molar refractivity (Wildman–Crippen MR) is 184 cm³/mol. The molecule has 2 rings (SSSR count). The van der Waals surface area contributed by atoms with E-state index >= 15 is 0 Å². The van der Waals surface area contributed by atoms with Crippen LogP contribution in [0.1, 0.15) is 115 Å². The standard InChI is InChI=1S/C36H66O3Si2/c1-16-21-31-29(8)33(39-40(14,15)35(9,10)11)24-34(37-31)30-25-36(12,13)38-32(30)22-19-17-18-20-23-41(26(2)3,27(4)5)28(6)7/h16,19,22,26-34H,1,17-18,21,24-25H2,2-15H3/b22-19+/t29-,30-,31+,32+,33-,34+/m0/s1. The van der Waals surface area contributed by atoms with Crippen LogP contribution in [0.3, 0.4) is 0 Å². The minimum absolute atomic E-state index is 0.0599. The Hall–Kier alpha value is -0.646. The van der Waals surface area contributed by atoms with Crippen LogP contribution in [0.15, 0.2) is 24.8 Å². The van der Waals surface area contributed by atoms with E-state index in [-0.39, 0.29) is 35.1 Å². The molecule has 5 heteroatoms. The summed E-state index contributed by atoms with van der Waals surface area (Å²) in [6.07, 6.45) is 11.8. The van der Waals surface area contributed by atoms with Gasteiger partial charge < -0.3 is 13.9 Å². The highest BCUT2D eigenvalue weighted by Crippen LogP contribution is 2.46. The molecule has 0 spiro atoms. The summed E-state index contributed by atoms with van der Waals surface area (Å²) in [5.41, 5.74) is 5.74. The van der Waals surface area contributed by atoms with E-state index in [1.807, 2.05) is 6.08 Å². The Morgan fingerprint density at radius 3 is 2.15 bits per heavy atom. The molecule has 0 aromatic carbocycles. The molecule has 2 aliphatic heterocycles. The lowest BCUT2D eigenvalue weighted by molar-refractivity contribution is -0.147. The fraction of sp³-hybridized carbons (Fsp3) is 0.833. The van der Waals surface area contributed by atoms with Crippen LogP contribution < -0.4 is 0 Å². The van der Waals surface area contributed by atoms with E-state index in [2.05, 4.69) is 126 Å². The molecule has 0 radical (unpaired) electrons. The van der Waals surface area contributed by atoms with Crippen LogP contribution in [0.2, 0.25) is 34.8 Å². The van der Waals surface area contributed by atoms with E-state index in [0.29, 0.717) is 28.5 Å². The van der Waals surface area contributed by atoms with Crippen molar-refractivity contribution in [2.45, 2.75) is 180 Å². The minimum Gasteiger partial charge on any atom is -0.413 e. The van der Waals surface area contributed by atoms with E-state index < -0.39 is 16.4 Å². The maximum Gasteiger partial charge on any atom is 0.192 e. The summed E-state index contributed by atoms with van der Waals surface area (Å²) < 4.78 is 20.6. The first kappa shape index (κ1) is 36.5. The van der Waals surface area contributed by atoms with Crippen molar-refractivity contribution in [1.29, 1.82) is 0 Å². The Morgan fingerprint density at radius 1 is 1.05 bits per heavy atom. The SMILES string of the molecule is C=CC[C@H]1O[C@@H]([C@H]2CC(C)(C)O[C@@H]2/C=C/CCC#C[Si](C(C)C)(C(C)C)C(C)C)C[C@H](O[Si](C)(C)C(C)(C)C)[C@H]1C. The summed E-state index contributed by atoms with van der Waals surface area (Å²) >= 11 is 0. The molecule has 0 aliphatic carbocycles.